The summed E-state index contributed by atoms with van der Waals surface area (Å²) in [7, 11) is -3.41. The highest BCUT2D eigenvalue weighted by Gasteiger charge is 2.36. The molecule has 0 radical (unpaired) electrons. The Morgan fingerprint density at radius 1 is 1.07 bits per heavy atom. The number of anilines is 1. The zero-order valence-electron chi connectivity index (χ0n) is 16.2. The maximum Gasteiger partial charge on any atom is 0.282 e. The summed E-state index contributed by atoms with van der Waals surface area (Å²) >= 11 is 0. The van der Waals surface area contributed by atoms with Crippen molar-refractivity contribution in [1.29, 1.82) is 0 Å². The molecule has 1 aromatic rings. The van der Waals surface area contributed by atoms with Crippen molar-refractivity contribution in [1.82, 2.24) is 13.5 Å². The third-order valence-electron chi connectivity index (χ3n) is 5.70. The van der Waals surface area contributed by atoms with E-state index in [1.54, 1.807) is 8.61 Å². The van der Waals surface area contributed by atoms with Crippen molar-refractivity contribution in [2.75, 3.05) is 51.1 Å². The maximum atomic E-state index is 13.0. The minimum Gasteiger partial charge on any atom is -0.384 e. The number of hydrogen-bond acceptors (Lipinski definition) is 5. The zero-order chi connectivity index (χ0) is 19.0. The van der Waals surface area contributed by atoms with E-state index in [1.807, 2.05) is 13.8 Å². The van der Waals surface area contributed by atoms with Crippen LogP contribution < -0.4 is 5.32 Å². The summed E-state index contributed by atoms with van der Waals surface area (Å²) in [6.07, 6.45) is 0.973. The molecule has 7 nitrogen and oxygen atoms in total. The molecule has 0 amide bonds. The van der Waals surface area contributed by atoms with Crippen LogP contribution in [0.4, 0.5) is 5.69 Å². The quantitative estimate of drug-likeness (QED) is 0.829. The van der Waals surface area contributed by atoms with Crippen molar-refractivity contribution in [3.8, 4) is 0 Å². The monoisotopic (exact) mass is 394 g/mol. The van der Waals surface area contributed by atoms with Gasteiger partial charge in [-0.3, -0.25) is 4.90 Å². The zero-order valence-corrected chi connectivity index (χ0v) is 17.0. The summed E-state index contributed by atoms with van der Waals surface area (Å²) in [6, 6.07) is 6.49. The van der Waals surface area contributed by atoms with Crippen molar-refractivity contribution < 1.29 is 13.2 Å². The Bertz CT molecular complexity index is 767. The maximum absolute atomic E-state index is 13.0. The standard InChI is InChI=1S/C19H30N4O3S/c1-15-12-23(13-16(2)26-15)27(24,25)22-10-8-21(9-11-22)14-18-5-3-4-17-6-7-20-19(17)18/h3-5,15-16,20H,6-14H2,1-2H3. The Morgan fingerprint density at radius 2 is 1.78 bits per heavy atom. The molecule has 2 atom stereocenters. The second-order valence-corrected chi connectivity index (χ2v) is 9.81. The van der Waals surface area contributed by atoms with Crippen LogP contribution in [-0.2, 0) is 27.9 Å². The molecular weight excluding hydrogens is 364 g/mol. The molecule has 2 saturated heterocycles. The summed E-state index contributed by atoms with van der Waals surface area (Å²) in [4.78, 5) is 2.35. The largest absolute Gasteiger partial charge is 0.384 e. The summed E-state index contributed by atoms with van der Waals surface area (Å²) in [5, 5.41) is 3.49. The molecule has 150 valence electrons. The molecule has 1 N–H and O–H groups in total. The van der Waals surface area contributed by atoms with Gasteiger partial charge in [0.05, 0.1) is 12.2 Å². The van der Waals surface area contributed by atoms with E-state index in [-0.39, 0.29) is 12.2 Å². The van der Waals surface area contributed by atoms with Gasteiger partial charge < -0.3 is 10.1 Å². The highest BCUT2D eigenvalue weighted by Crippen LogP contribution is 2.28. The normalized spacial score (nSPS) is 28.1. The van der Waals surface area contributed by atoms with Crippen LogP contribution in [0.1, 0.15) is 25.0 Å². The minimum absolute atomic E-state index is 0.0579. The minimum atomic E-state index is -3.41. The van der Waals surface area contributed by atoms with Crippen LogP contribution >= 0.6 is 0 Å². The molecule has 8 heteroatoms. The molecule has 0 aromatic heterocycles. The Hall–Kier alpha value is -1.19. The van der Waals surface area contributed by atoms with Crippen molar-refractivity contribution >= 4 is 15.9 Å². The van der Waals surface area contributed by atoms with Crippen LogP contribution in [0.15, 0.2) is 18.2 Å². The van der Waals surface area contributed by atoms with Gasteiger partial charge in [0.15, 0.2) is 0 Å². The number of hydrogen-bond donors (Lipinski definition) is 1. The third kappa shape index (κ3) is 4.00. The number of nitrogens with one attached hydrogen (secondary N) is 1. The van der Waals surface area contributed by atoms with Crippen molar-refractivity contribution in [3.63, 3.8) is 0 Å². The van der Waals surface area contributed by atoms with Crippen LogP contribution in [-0.4, -0.2) is 79.9 Å². The Kier molecular flexibility index (Phi) is 5.44. The van der Waals surface area contributed by atoms with Crippen LogP contribution in [0.3, 0.4) is 0 Å². The molecule has 2 fully saturated rings. The first kappa shape index (κ1) is 19.1. The molecule has 1 aromatic carbocycles. The number of nitrogens with zero attached hydrogens (tertiary/aromatic N) is 3. The van der Waals surface area contributed by atoms with Crippen LogP contribution in [0.2, 0.25) is 0 Å². The number of ether oxygens (including phenoxy) is 1. The Balaban J connectivity index is 1.37. The third-order valence-corrected chi connectivity index (χ3v) is 7.67. The van der Waals surface area contributed by atoms with Gasteiger partial charge in [0, 0.05) is 58.0 Å². The second-order valence-electron chi connectivity index (χ2n) is 7.89. The topological polar surface area (TPSA) is 65.1 Å². The number of benzene rings is 1. The number of piperazine rings is 1. The number of morpholine rings is 1. The van der Waals surface area contributed by atoms with Gasteiger partial charge in [0.1, 0.15) is 0 Å². The predicted molar refractivity (Wildman–Crippen MR) is 106 cm³/mol. The smallest absolute Gasteiger partial charge is 0.282 e. The average Bonchev–Trinajstić information content (AvgIpc) is 3.11. The SMILES string of the molecule is CC1CN(S(=O)(=O)N2CCN(Cc3cccc4c3NCC4)CC2)CC(C)O1. The van der Waals surface area contributed by atoms with Gasteiger partial charge in [-0.25, -0.2) is 0 Å². The molecule has 27 heavy (non-hydrogen) atoms. The molecule has 0 spiro atoms. The Labute approximate surface area is 162 Å². The van der Waals surface area contributed by atoms with E-state index in [4.69, 9.17) is 4.74 Å². The van der Waals surface area contributed by atoms with Gasteiger partial charge >= 0.3 is 0 Å². The Morgan fingerprint density at radius 3 is 2.48 bits per heavy atom. The lowest BCUT2D eigenvalue weighted by Gasteiger charge is -2.40. The van der Waals surface area contributed by atoms with E-state index in [0.717, 1.165) is 32.6 Å². The van der Waals surface area contributed by atoms with Gasteiger partial charge in [0.25, 0.3) is 10.2 Å². The highest BCUT2D eigenvalue weighted by molar-refractivity contribution is 7.86. The number of fused-ring (bicyclic) bond motifs is 1. The average molecular weight is 395 g/mol. The molecule has 0 saturated carbocycles. The van der Waals surface area contributed by atoms with Gasteiger partial charge in [-0.2, -0.15) is 17.0 Å². The molecule has 2 unspecified atom stereocenters. The number of para-hydroxylation sites is 1. The summed E-state index contributed by atoms with van der Waals surface area (Å²) in [5.41, 5.74) is 3.99. The lowest BCUT2D eigenvalue weighted by atomic mass is 10.1. The van der Waals surface area contributed by atoms with E-state index in [2.05, 4.69) is 28.4 Å². The van der Waals surface area contributed by atoms with Gasteiger partial charge in [-0.15, -0.1) is 0 Å². The van der Waals surface area contributed by atoms with E-state index in [0.29, 0.717) is 26.2 Å². The fourth-order valence-electron chi connectivity index (χ4n) is 4.38. The van der Waals surface area contributed by atoms with Crippen LogP contribution in [0, 0.1) is 0 Å². The molecular formula is C19H30N4O3S. The first-order chi connectivity index (χ1) is 12.9. The van der Waals surface area contributed by atoms with E-state index in [1.165, 1.54) is 16.8 Å². The van der Waals surface area contributed by atoms with E-state index >= 15 is 0 Å². The molecule has 0 aliphatic carbocycles. The predicted octanol–water partition coefficient (Wildman–Crippen LogP) is 1.13. The molecule has 4 rings (SSSR count). The lowest BCUT2D eigenvalue weighted by Crippen LogP contribution is -2.57. The highest BCUT2D eigenvalue weighted by atomic mass is 32.2. The van der Waals surface area contributed by atoms with Crippen LogP contribution in [0.25, 0.3) is 0 Å². The molecule has 0 bridgehead atoms. The van der Waals surface area contributed by atoms with Crippen molar-refractivity contribution in [2.24, 2.45) is 0 Å². The summed E-state index contributed by atoms with van der Waals surface area (Å²) in [6.45, 7) is 9.24. The fraction of sp³-hybridized carbons (Fsp3) is 0.684. The van der Waals surface area contributed by atoms with Crippen molar-refractivity contribution in [2.45, 2.75) is 39.0 Å². The second kappa shape index (κ2) is 7.67. The van der Waals surface area contributed by atoms with E-state index < -0.39 is 10.2 Å². The first-order valence-corrected chi connectivity index (χ1v) is 11.3. The molecule has 3 heterocycles. The lowest BCUT2D eigenvalue weighted by molar-refractivity contribution is -0.0457. The van der Waals surface area contributed by atoms with Crippen molar-refractivity contribution in [3.05, 3.63) is 29.3 Å². The number of rotatable bonds is 4. The van der Waals surface area contributed by atoms with Gasteiger partial charge in [0.2, 0.25) is 0 Å². The fourth-order valence-corrected chi connectivity index (χ4v) is 6.13. The van der Waals surface area contributed by atoms with E-state index in [9.17, 15) is 8.42 Å². The summed E-state index contributed by atoms with van der Waals surface area (Å²) < 4.78 is 34.9. The summed E-state index contributed by atoms with van der Waals surface area (Å²) in [5.74, 6) is 0. The molecule has 3 aliphatic heterocycles. The first-order valence-electron chi connectivity index (χ1n) is 9.91. The van der Waals surface area contributed by atoms with Gasteiger partial charge in [-0.05, 0) is 31.4 Å². The van der Waals surface area contributed by atoms with Crippen LogP contribution in [0.5, 0.6) is 0 Å². The molecule has 3 aliphatic rings. The van der Waals surface area contributed by atoms with Gasteiger partial charge in [-0.1, -0.05) is 18.2 Å².